The number of aromatic amines is 1. The lowest BCUT2D eigenvalue weighted by atomic mass is 9.99. The zero-order valence-electron chi connectivity index (χ0n) is 13.9. The van der Waals surface area contributed by atoms with Gasteiger partial charge >= 0.3 is 0 Å². The minimum atomic E-state index is -0.161. The number of amides is 1. The van der Waals surface area contributed by atoms with Gasteiger partial charge in [-0.15, -0.1) is 0 Å². The number of likely N-dealkylation sites (tertiary alicyclic amines) is 1. The summed E-state index contributed by atoms with van der Waals surface area (Å²) in [5, 5.41) is 10.8. The summed E-state index contributed by atoms with van der Waals surface area (Å²) in [6.45, 7) is 0.970. The van der Waals surface area contributed by atoms with Gasteiger partial charge in [0, 0.05) is 31.5 Å². The summed E-state index contributed by atoms with van der Waals surface area (Å²) in [6.07, 6.45) is 4.79. The maximum Gasteiger partial charge on any atom is 0.274 e. The Hall–Kier alpha value is -3.82. The number of carbonyl (C=O) groups excluding carboxylic acids is 1. The molecule has 27 heavy (non-hydrogen) atoms. The summed E-state index contributed by atoms with van der Waals surface area (Å²) in [7, 11) is 0. The van der Waals surface area contributed by atoms with Crippen molar-refractivity contribution in [3.05, 3.63) is 54.5 Å². The largest absolute Gasteiger partial charge is 0.463 e. The third-order valence-electron chi connectivity index (χ3n) is 4.31. The second-order valence-corrected chi connectivity index (χ2v) is 6.08. The van der Waals surface area contributed by atoms with Crippen molar-refractivity contribution < 1.29 is 13.7 Å². The highest BCUT2D eigenvalue weighted by Crippen LogP contribution is 2.28. The van der Waals surface area contributed by atoms with E-state index in [0.29, 0.717) is 47.8 Å². The van der Waals surface area contributed by atoms with Crippen LogP contribution < -0.4 is 0 Å². The Kier molecular flexibility index (Phi) is 3.52. The van der Waals surface area contributed by atoms with Crippen LogP contribution in [0.25, 0.3) is 23.1 Å². The third kappa shape index (κ3) is 2.76. The highest BCUT2D eigenvalue weighted by molar-refractivity contribution is 5.93. The number of nitrogens with zero attached hydrogens (tertiary/aromatic N) is 6. The molecule has 0 saturated carbocycles. The van der Waals surface area contributed by atoms with Crippen LogP contribution in [0.5, 0.6) is 0 Å². The Balaban J connectivity index is 1.24. The Labute approximate surface area is 152 Å². The quantitative estimate of drug-likeness (QED) is 0.581. The fourth-order valence-electron chi connectivity index (χ4n) is 2.86. The van der Waals surface area contributed by atoms with E-state index in [1.54, 1.807) is 47.8 Å². The van der Waals surface area contributed by atoms with Crippen molar-refractivity contribution in [2.24, 2.45) is 0 Å². The lowest BCUT2D eigenvalue weighted by molar-refractivity contribution is 0.0563. The van der Waals surface area contributed by atoms with Gasteiger partial charge in [-0.2, -0.15) is 10.1 Å². The molecule has 5 rings (SSSR count). The summed E-state index contributed by atoms with van der Waals surface area (Å²) in [5.74, 6) is 1.67. The van der Waals surface area contributed by atoms with Crippen LogP contribution in [0.4, 0.5) is 0 Å². The summed E-state index contributed by atoms with van der Waals surface area (Å²) in [4.78, 5) is 26.7. The molecule has 0 aromatic carbocycles. The van der Waals surface area contributed by atoms with Gasteiger partial charge in [-0.25, -0.2) is 9.97 Å². The van der Waals surface area contributed by atoms with Gasteiger partial charge in [0.05, 0.1) is 12.2 Å². The number of H-pyrrole nitrogens is 1. The molecule has 1 aliphatic heterocycles. The number of hydrogen-bond donors (Lipinski definition) is 1. The third-order valence-corrected chi connectivity index (χ3v) is 4.31. The van der Waals surface area contributed by atoms with Crippen molar-refractivity contribution >= 4 is 5.91 Å². The molecule has 1 saturated heterocycles. The first kappa shape index (κ1) is 15.4. The minimum absolute atomic E-state index is 0.0117. The standard InChI is InChI=1S/C17H13N7O3/c25-17(12-7-11(21-22-12)13-3-1-6-26-13)24-8-10(9-24)16-20-15(23-27-16)14-18-4-2-5-19-14/h1-7,10H,8-9H2,(H,21,22). The topological polar surface area (TPSA) is 127 Å². The van der Waals surface area contributed by atoms with E-state index in [2.05, 4.69) is 30.3 Å². The van der Waals surface area contributed by atoms with Gasteiger partial charge in [0.15, 0.2) is 11.5 Å². The highest BCUT2D eigenvalue weighted by Gasteiger charge is 2.37. The lowest BCUT2D eigenvalue weighted by Crippen LogP contribution is -2.48. The van der Waals surface area contributed by atoms with Crippen LogP contribution in [0.15, 0.2) is 51.9 Å². The number of rotatable bonds is 4. The van der Waals surface area contributed by atoms with Crippen molar-refractivity contribution in [3.63, 3.8) is 0 Å². The van der Waals surface area contributed by atoms with Crippen LogP contribution in [0.2, 0.25) is 0 Å². The molecule has 0 radical (unpaired) electrons. The van der Waals surface area contributed by atoms with Gasteiger partial charge in [-0.1, -0.05) is 5.16 Å². The van der Waals surface area contributed by atoms with Gasteiger partial charge in [0.25, 0.3) is 5.91 Å². The zero-order chi connectivity index (χ0) is 18.2. The number of hydrogen-bond acceptors (Lipinski definition) is 8. The fraction of sp³-hybridized carbons (Fsp3) is 0.176. The molecule has 1 fully saturated rings. The molecular formula is C17H13N7O3. The fourth-order valence-corrected chi connectivity index (χ4v) is 2.86. The van der Waals surface area contributed by atoms with Crippen molar-refractivity contribution in [3.8, 4) is 23.1 Å². The Morgan fingerprint density at radius 2 is 2.04 bits per heavy atom. The van der Waals surface area contributed by atoms with Crippen LogP contribution in [0, 0.1) is 0 Å². The minimum Gasteiger partial charge on any atom is -0.463 e. The van der Waals surface area contributed by atoms with Crippen molar-refractivity contribution in [2.45, 2.75) is 5.92 Å². The molecule has 10 nitrogen and oxygen atoms in total. The number of nitrogens with one attached hydrogen (secondary N) is 1. The van der Waals surface area contributed by atoms with Gasteiger partial charge in [-0.05, 0) is 18.2 Å². The maximum absolute atomic E-state index is 12.5. The highest BCUT2D eigenvalue weighted by atomic mass is 16.5. The molecule has 1 aliphatic rings. The van der Waals surface area contributed by atoms with Gasteiger partial charge in [0.2, 0.25) is 17.5 Å². The first-order chi connectivity index (χ1) is 13.3. The second kappa shape index (κ2) is 6.16. The molecule has 0 unspecified atom stereocenters. The van der Waals surface area contributed by atoms with Crippen LogP contribution in [-0.2, 0) is 0 Å². The SMILES string of the molecule is O=C(c1cc(-c2ccco2)[nH]n1)N1CC(c2nc(-c3ncccn3)no2)C1. The number of carbonyl (C=O) groups is 1. The van der Waals surface area contributed by atoms with E-state index >= 15 is 0 Å². The molecule has 4 aromatic heterocycles. The first-order valence-corrected chi connectivity index (χ1v) is 8.27. The van der Waals surface area contributed by atoms with Crippen molar-refractivity contribution in [1.82, 2.24) is 35.2 Å². The summed E-state index contributed by atoms with van der Waals surface area (Å²) >= 11 is 0. The molecular weight excluding hydrogens is 350 g/mol. The Morgan fingerprint density at radius 1 is 1.19 bits per heavy atom. The smallest absolute Gasteiger partial charge is 0.274 e. The predicted octanol–water partition coefficient (Wildman–Crippen LogP) is 1.75. The summed E-state index contributed by atoms with van der Waals surface area (Å²) in [5.41, 5.74) is 0.994. The van der Waals surface area contributed by atoms with E-state index in [4.69, 9.17) is 8.94 Å². The molecule has 1 amide bonds. The Bertz CT molecular complexity index is 1070. The van der Waals surface area contributed by atoms with E-state index in [0.717, 1.165) is 0 Å². The van der Waals surface area contributed by atoms with E-state index in [9.17, 15) is 4.79 Å². The molecule has 0 atom stereocenters. The predicted molar refractivity (Wildman–Crippen MR) is 90.3 cm³/mol. The second-order valence-electron chi connectivity index (χ2n) is 6.08. The van der Waals surface area contributed by atoms with Crippen molar-refractivity contribution in [2.75, 3.05) is 13.1 Å². The van der Waals surface area contributed by atoms with Crippen LogP contribution in [0.1, 0.15) is 22.3 Å². The average Bonchev–Trinajstić information content (AvgIpc) is 3.41. The zero-order valence-corrected chi connectivity index (χ0v) is 13.9. The van der Waals surface area contributed by atoms with Gasteiger partial charge in [-0.3, -0.25) is 9.89 Å². The Morgan fingerprint density at radius 3 is 2.81 bits per heavy atom. The van der Waals surface area contributed by atoms with E-state index in [-0.39, 0.29) is 11.8 Å². The summed E-state index contributed by atoms with van der Waals surface area (Å²) < 4.78 is 10.6. The normalized spacial score (nSPS) is 14.3. The maximum atomic E-state index is 12.5. The van der Waals surface area contributed by atoms with Crippen LogP contribution >= 0.6 is 0 Å². The van der Waals surface area contributed by atoms with Gasteiger partial charge < -0.3 is 13.8 Å². The van der Waals surface area contributed by atoms with E-state index in [1.165, 1.54) is 0 Å². The molecule has 134 valence electrons. The molecule has 10 heteroatoms. The molecule has 1 N–H and O–H groups in total. The molecule has 0 aliphatic carbocycles. The molecule has 0 bridgehead atoms. The van der Waals surface area contributed by atoms with Crippen molar-refractivity contribution in [1.29, 1.82) is 0 Å². The van der Waals surface area contributed by atoms with Crippen LogP contribution in [-0.4, -0.2) is 54.2 Å². The lowest BCUT2D eigenvalue weighted by Gasteiger charge is -2.36. The first-order valence-electron chi connectivity index (χ1n) is 8.27. The van der Waals surface area contributed by atoms with E-state index in [1.807, 2.05) is 0 Å². The number of aromatic nitrogens is 6. The summed E-state index contributed by atoms with van der Waals surface area (Å²) in [6, 6.07) is 6.96. The number of furan rings is 1. The molecule has 0 spiro atoms. The van der Waals surface area contributed by atoms with E-state index < -0.39 is 0 Å². The average molecular weight is 363 g/mol. The van der Waals surface area contributed by atoms with Gasteiger partial charge in [0.1, 0.15) is 5.69 Å². The molecule has 4 aromatic rings. The monoisotopic (exact) mass is 363 g/mol. The molecule has 5 heterocycles. The van der Waals surface area contributed by atoms with Crippen LogP contribution in [0.3, 0.4) is 0 Å².